The van der Waals surface area contributed by atoms with Gasteiger partial charge in [-0.1, -0.05) is 46.8 Å². The molecule has 1 aromatic carbocycles. The molecule has 0 aromatic heterocycles. The fourth-order valence-electron chi connectivity index (χ4n) is 1.65. The minimum Gasteiger partial charge on any atom is -0.150 e. The van der Waals surface area contributed by atoms with Crippen LogP contribution in [0.15, 0.2) is 46.8 Å². The standard InChI is InChI=1S/C10H8N2O2/c13-11-9-5-6-10(12-14)8-4-2-1-3-7(8)9/h1-6,9-10H. The van der Waals surface area contributed by atoms with Gasteiger partial charge in [0.05, 0.1) is 0 Å². The predicted molar refractivity (Wildman–Crippen MR) is 52.7 cm³/mol. The van der Waals surface area contributed by atoms with E-state index in [0.717, 1.165) is 11.1 Å². The van der Waals surface area contributed by atoms with E-state index >= 15 is 0 Å². The number of hydrogen-bond donors (Lipinski definition) is 0. The van der Waals surface area contributed by atoms with Crippen LogP contribution in [0.3, 0.4) is 0 Å². The van der Waals surface area contributed by atoms with Crippen LogP contribution in [-0.2, 0) is 0 Å². The Morgan fingerprint density at radius 1 is 0.857 bits per heavy atom. The SMILES string of the molecule is O=NC1C=CC(N=O)c2ccccc21. The summed E-state index contributed by atoms with van der Waals surface area (Å²) >= 11 is 0. The van der Waals surface area contributed by atoms with E-state index in [-0.39, 0.29) is 0 Å². The monoisotopic (exact) mass is 188 g/mol. The molecule has 14 heavy (non-hydrogen) atoms. The highest BCUT2D eigenvalue weighted by Gasteiger charge is 2.22. The summed E-state index contributed by atoms with van der Waals surface area (Å²) in [5.41, 5.74) is 1.55. The Labute approximate surface area is 80.6 Å². The molecule has 2 rings (SSSR count). The highest BCUT2D eigenvalue weighted by molar-refractivity contribution is 5.40. The van der Waals surface area contributed by atoms with Crippen molar-refractivity contribution < 1.29 is 0 Å². The zero-order valence-electron chi connectivity index (χ0n) is 7.33. The summed E-state index contributed by atoms with van der Waals surface area (Å²) in [6, 6.07) is 6.26. The van der Waals surface area contributed by atoms with E-state index in [1.54, 1.807) is 24.3 Å². The van der Waals surface area contributed by atoms with Gasteiger partial charge in [0.1, 0.15) is 12.1 Å². The minimum atomic E-state index is -0.482. The molecule has 1 aliphatic carbocycles. The Morgan fingerprint density at radius 2 is 1.29 bits per heavy atom. The average molecular weight is 188 g/mol. The fourth-order valence-corrected chi connectivity index (χ4v) is 1.65. The van der Waals surface area contributed by atoms with E-state index < -0.39 is 12.1 Å². The van der Waals surface area contributed by atoms with Crippen molar-refractivity contribution in [2.24, 2.45) is 10.4 Å². The van der Waals surface area contributed by atoms with Gasteiger partial charge >= 0.3 is 0 Å². The van der Waals surface area contributed by atoms with Crippen molar-refractivity contribution in [1.82, 2.24) is 0 Å². The first-order chi connectivity index (χ1) is 6.86. The first kappa shape index (κ1) is 8.74. The Bertz CT molecular complexity index is 364. The van der Waals surface area contributed by atoms with E-state index in [4.69, 9.17) is 0 Å². The maximum absolute atomic E-state index is 10.5. The molecule has 0 bridgehead atoms. The number of fused-ring (bicyclic) bond motifs is 1. The predicted octanol–water partition coefficient (Wildman–Crippen LogP) is 2.87. The molecule has 0 aliphatic heterocycles. The summed E-state index contributed by atoms with van der Waals surface area (Å²) in [5.74, 6) is 0. The van der Waals surface area contributed by atoms with Gasteiger partial charge in [-0.3, -0.25) is 0 Å². The third-order valence-corrected chi connectivity index (χ3v) is 2.34. The number of nitrogens with zero attached hydrogens (tertiary/aromatic N) is 2. The van der Waals surface area contributed by atoms with Gasteiger partial charge in [0.2, 0.25) is 0 Å². The van der Waals surface area contributed by atoms with Crippen molar-refractivity contribution >= 4 is 0 Å². The second-order valence-corrected chi connectivity index (χ2v) is 3.11. The molecule has 70 valence electrons. The molecule has 0 saturated carbocycles. The van der Waals surface area contributed by atoms with Crippen LogP contribution in [0.5, 0.6) is 0 Å². The second-order valence-electron chi connectivity index (χ2n) is 3.11. The van der Waals surface area contributed by atoms with Gasteiger partial charge < -0.3 is 0 Å². The summed E-state index contributed by atoms with van der Waals surface area (Å²) in [7, 11) is 0. The van der Waals surface area contributed by atoms with Crippen LogP contribution in [0.1, 0.15) is 23.2 Å². The van der Waals surface area contributed by atoms with E-state index in [1.807, 2.05) is 12.1 Å². The fraction of sp³-hybridized carbons (Fsp3) is 0.200. The summed E-state index contributed by atoms with van der Waals surface area (Å²) < 4.78 is 0. The van der Waals surface area contributed by atoms with Crippen LogP contribution in [-0.4, -0.2) is 0 Å². The number of nitroso groups, excluding NO2 is 2. The quantitative estimate of drug-likeness (QED) is 0.529. The molecular formula is C10H8N2O2. The highest BCUT2D eigenvalue weighted by Crippen LogP contribution is 2.34. The van der Waals surface area contributed by atoms with Gasteiger partial charge in [0.15, 0.2) is 0 Å². The molecule has 1 aliphatic rings. The van der Waals surface area contributed by atoms with Crippen LogP contribution in [0.4, 0.5) is 0 Å². The van der Waals surface area contributed by atoms with Gasteiger partial charge in [-0.2, -0.15) is 0 Å². The van der Waals surface area contributed by atoms with Gasteiger partial charge in [-0.25, -0.2) is 0 Å². The molecule has 0 heterocycles. The lowest BCUT2D eigenvalue weighted by Crippen LogP contribution is -2.05. The molecule has 0 N–H and O–H groups in total. The van der Waals surface area contributed by atoms with Crippen LogP contribution in [0.2, 0.25) is 0 Å². The molecule has 0 saturated heterocycles. The lowest BCUT2D eigenvalue weighted by molar-refractivity contribution is 0.781. The summed E-state index contributed by atoms with van der Waals surface area (Å²) in [5, 5.41) is 5.95. The largest absolute Gasteiger partial charge is 0.150 e. The van der Waals surface area contributed by atoms with Crippen molar-refractivity contribution in [3.63, 3.8) is 0 Å². The lowest BCUT2D eigenvalue weighted by atomic mass is 9.90. The first-order valence-electron chi connectivity index (χ1n) is 4.29. The van der Waals surface area contributed by atoms with Crippen molar-refractivity contribution in [3.8, 4) is 0 Å². The van der Waals surface area contributed by atoms with Gasteiger partial charge in [0, 0.05) is 0 Å². The smallest absolute Gasteiger partial charge is 0.135 e. The Kier molecular flexibility index (Phi) is 2.18. The van der Waals surface area contributed by atoms with Crippen molar-refractivity contribution in [1.29, 1.82) is 0 Å². The van der Waals surface area contributed by atoms with Crippen molar-refractivity contribution in [3.05, 3.63) is 57.4 Å². The maximum Gasteiger partial charge on any atom is 0.135 e. The number of benzene rings is 1. The van der Waals surface area contributed by atoms with E-state index in [9.17, 15) is 9.81 Å². The normalized spacial score (nSPS) is 24.0. The van der Waals surface area contributed by atoms with E-state index in [2.05, 4.69) is 10.4 Å². The van der Waals surface area contributed by atoms with E-state index in [1.165, 1.54) is 0 Å². The van der Waals surface area contributed by atoms with Gasteiger partial charge in [0.25, 0.3) is 0 Å². The third kappa shape index (κ3) is 1.25. The molecule has 2 unspecified atom stereocenters. The minimum absolute atomic E-state index is 0.482. The molecular weight excluding hydrogens is 180 g/mol. The topological polar surface area (TPSA) is 58.9 Å². The van der Waals surface area contributed by atoms with Gasteiger partial charge in [-0.05, 0) is 11.1 Å². The molecule has 0 radical (unpaired) electrons. The number of rotatable bonds is 2. The summed E-state index contributed by atoms with van der Waals surface area (Å²) in [6.45, 7) is 0. The van der Waals surface area contributed by atoms with Crippen molar-refractivity contribution in [2.45, 2.75) is 12.1 Å². The Balaban J connectivity index is 2.54. The summed E-state index contributed by atoms with van der Waals surface area (Å²) in [6.07, 6.45) is 3.22. The third-order valence-electron chi connectivity index (χ3n) is 2.34. The van der Waals surface area contributed by atoms with Crippen LogP contribution in [0, 0.1) is 9.81 Å². The van der Waals surface area contributed by atoms with Crippen LogP contribution >= 0.6 is 0 Å². The molecule has 0 fully saturated rings. The Hall–Kier alpha value is -1.84. The Morgan fingerprint density at radius 3 is 1.64 bits per heavy atom. The van der Waals surface area contributed by atoms with Gasteiger partial charge in [-0.15, -0.1) is 9.81 Å². The van der Waals surface area contributed by atoms with Crippen LogP contribution < -0.4 is 0 Å². The van der Waals surface area contributed by atoms with Crippen molar-refractivity contribution in [2.75, 3.05) is 0 Å². The molecule has 4 heteroatoms. The summed E-state index contributed by atoms with van der Waals surface area (Å²) in [4.78, 5) is 21.0. The highest BCUT2D eigenvalue weighted by atomic mass is 16.3. The second kappa shape index (κ2) is 3.49. The average Bonchev–Trinajstić information content (AvgIpc) is 2.27. The van der Waals surface area contributed by atoms with Crippen LogP contribution in [0.25, 0.3) is 0 Å². The maximum atomic E-state index is 10.5. The molecule has 2 atom stereocenters. The molecule has 0 amide bonds. The molecule has 4 nitrogen and oxygen atoms in total. The van der Waals surface area contributed by atoms with E-state index in [0.29, 0.717) is 0 Å². The zero-order valence-corrected chi connectivity index (χ0v) is 7.33. The number of hydrogen-bond acceptors (Lipinski definition) is 4. The first-order valence-corrected chi connectivity index (χ1v) is 4.29. The molecule has 1 aromatic rings. The zero-order chi connectivity index (χ0) is 9.97. The lowest BCUT2D eigenvalue weighted by Gasteiger charge is -2.17. The molecule has 0 spiro atoms.